The van der Waals surface area contributed by atoms with Gasteiger partial charge in [-0.05, 0) is 24.1 Å². The molecule has 0 radical (unpaired) electrons. The van der Waals surface area contributed by atoms with Crippen molar-refractivity contribution in [3.63, 3.8) is 0 Å². The zero-order valence-corrected chi connectivity index (χ0v) is 8.71. The molecule has 0 aliphatic rings. The maximum atomic E-state index is 4.25. The number of halogens is 1. The lowest BCUT2D eigenvalue weighted by molar-refractivity contribution is 0.937. The van der Waals surface area contributed by atoms with Crippen LogP contribution in [0.1, 0.15) is 18.9 Å². The lowest BCUT2D eigenvalue weighted by Gasteiger charge is -1.92. The van der Waals surface area contributed by atoms with Crippen molar-refractivity contribution in [2.24, 2.45) is 4.99 Å². The third-order valence-corrected chi connectivity index (χ3v) is 1.99. The summed E-state index contributed by atoms with van der Waals surface area (Å²) in [7, 11) is 0. The normalized spacial score (nSPS) is 10.8. The molecule has 0 heterocycles. The van der Waals surface area contributed by atoms with E-state index in [-0.39, 0.29) is 0 Å². The van der Waals surface area contributed by atoms with E-state index in [1.807, 2.05) is 30.5 Å². The Hall–Kier alpha value is -0.630. The lowest BCUT2D eigenvalue weighted by atomic mass is 10.2. The summed E-state index contributed by atoms with van der Waals surface area (Å²) in [5.74, 6) is 0. The number of hydrogen-bond donors (Lipinski definition) is 0. The van der Waals surface area contributed by atoms with Crippen LogP contribution in [0.4, 0.5) is 0 Å². The second kappa shape index (κ2) is 5.09. The minimum atomic E-state index is 0.913. The zero-order valence-electron chi connectivity index (χ0n) is 7.13. The molecule has 0 aliphatic carbocycles. The molecule has 0 aliphatic heterocycles. The number of nitrogens with zero attached hydrogens (tertiary/aromatic N) is 1. The second-order valence-corrected chi connectivity index (χ2v) is 3.50. The Bertz CT molecular complexity index is 251. The van der Waals surface area contributed by atoms with Gasteiger partial charge in [-0.3, -0.25) is 4.99 Å². The molecule has 64 valence electrons. The van der Waals surface area contributed by atoms with Crippen molar-refractivity contribution in [3.05, 3.63) is 34.3 Å². The van der Waals surface area contributed by atoms with E-state index in [1.165, 1.54) is 0 Å². The van der Waals surface area contributed by atoms with E-state index in [0.717, 1.165) is 23.0 Å². The van der Waals surface area contributed by atoms with Gasteiger partial charge in [0.2, 0.25) is 0 Å². The quantitative estimate of drug-likeness (QED) is 0.701. The highest BCUT2D eigenvalue weighted by Crippen LogP contribution is 2.08. The van der Waals surface area contributed by atoms with Gasteiger partial charge in [0.1, 0.15) is 0 Å². The van der Waals surface area contributed by atoms with Gasteiger partial charge in [-0.25, -0.2) is 0 Å². The summed E-state index contributed by atoms with van der Waals surface area (Å²) in [6.45, 7) is 3.04. The molecule has 12 heavy (non-hydrogen) atoms. The molecule has 1 nitrogen and oxygen atoms in total. The van der Waals surface area contributed by atoms with Gasteiger partial charge in [0.15, 0.2) is 0 Å². The van der Waals surface area contributed by atoms with Crippen LogP contribution in [0.25, 0.3) is 0 Å². The van der Waals surface area contributed by atoms with Crippen molar-refractivity contribution < 1.29 is 0 Å². The standard InChI is InChI=1S/C10H12BrN/c1-2-7-12-8-9-3-5-10(11)6-4-9/h3-6,8H,2,7H2,1H3. The molecule has 0 unspecified atom stereocenters. The SMILES string of the molecule is CCCN=Cc1ccc(Br)cc1. The molecule has 1 aromatic carbocycles. The Labute approximate surface area is 81.7 Å². The van der Waals surface area contributed by atoms with E-state index >= 15 is 0 Å². The predicted octanol–water partition coefficient (Wildman–Crippen LogP) is 3.28. The van der Waals surface area contributed by atoms with Crippen LogP contribution in [-0.4, -0.2) is 12.8 Å². The highest BCUT2D eigenvalue weighted by molar-refractivity contribution is 9.10. The third kappa shape index (κ3) is 3.18. The van der Waals surface area contributed by atoms with Crippen molar-refractivity contribution >= 4 is 22.1 Å². The van der Waals surface area contributed by atoms with Gasteiger partial charge < -0.3 is 0 Å². The first-order valence-corrected chi connectivity index (χ1v) is 4.87. The molecule has 0 amide bonds. The van der Waals surface area contributed by atoms with Crippen LogP contribution in [0.5, 0.6) is 0 Å². The van der Waals surface area contributed by atoms with Gasteiger partial charge in [0.05, 0.1) is 0 Å². The first-order chi connectivity index (χ1) is 5.83. The van der Waals surface area contributed by atoms with Crippen molar-refractivity contribution in [2.75, 3.05) is 6.54 Å². The topological polar surface area (TPSA) is 12.4 Å². The van der Waals surface area contributed by atoms with E-state index in [0.29, 0.717) is 0 Å². The van der Waals surface area contributed by atoms with Crippen molar-refractivity contribution in [2.45, 2.75) is 13.3 Å². The van der Waals surface area contributed by atoms with Crippen LogP contribution in [0.3, 0.4) is 0 Å². The Morgan fingerprint density at radius 1 is 1.33 bits per heavy atom. The lowest BCUT2D eigenvalue weighted by Crippen LogP contribution is -1.82. The minimum absolute atomic E-state index is 0.913. The van der Waals surface area contributed by atoms with Gasteiger partial charge in [-0.1, -0.05) is 35.0 Å². The molecule has 0 saturated carbocycles. The monoisotopic (exact) mass is 225 g/mol. The molecular weight excluding hydrogens is 214 g/mol. The fraction of sp³-hybridized carbons (Fsp3) is 0.300. The number of aliphatic imine (C=N–C) groups is 1. The average Bonchev–Trinajstić information content (AvgIpc) is 2.09. The summed E-state index contributed by atoms with van der Waals surface area (Å²) < 4.78 is 1.11. The molecule has 2 heteroatoms. The van der Waals surface area contributed by atoms with Gasteiger partial charge in [0, 0.05) is 17.2 Å². The average molecular weight is 226 g/mol. The Morgan fingerprint density at radius 2 is 2.00 bits per heavy atom. The molecule has 0 N–H and O–H groups in total. The first-order valence-electron chi connectivity index (χ1n) is 4.08. The van der Waals surface area contributed by atoms with Crippen LogP contribution in [0, 0.1) is 0 Å². The summed E-state index contributed by atoms with van der Waals surface area (Å²) in [6.07, 6.45) is 3.02. The van der Waals surface area contributed by atoms with Crippen molar-refractivity contribution in [1.29, 1.82) is 0 Å². The molecule has 0 saturated heterocycles. The number of hydrogen-bond acceptors (Lipinski definition) is 1. The van der Waals surface area contributed by atoms with E-state index in [1.54, 1.807) is 0 Å². The minimum Gasteiger partial charge on any atom is -0.293 e. The Balaban J connectivity index is 2.58. The van der Waals surface area contributed by atoms with Gasteiger partial charge in [-0.15, -0.1) is 0 Å². The van der Waals surface area contributed by atoms with Crippen LogP contribution < -0.4 is 0 Å². The Morgan fingerprint density at radius 3 is 2.58 bits per heavy atom. The maximum absolute atomic E-state index is 4.25. The van der Waals surface area contributed by atoms with Crippen molar-refractivity contribution in [1.82, 2.24) is 0 Å². The summed E-state index contributed by atoms with van der Waals surface area (Å²) in [6, 6.07) is 8.13. The largest absolute Gasteiger partial charge is 0.293 e. The van der Waals surface area contributed by atoms with Crippen molar-refractivity contribution in [3.8, 4) is 0 Å². The van der Waals surface area contributed by atoms with Crippen LogP contribution in [0.2, 0.25) is 0 Å². The molecule has 0 spiro atoms. The van der Waals surface area contributed by atoms with Gasteiger partial charge in [0.25, 0.3) is 0 Å². The summed E-state index contributed by atoms with van der Waals surface area (Å²) in [5.41, 5.74) is 1.16. The molecule has 0 fully saturated rings. The zero-order chi connectivity index (χ0) is 8.81. The van der Waals surface area contributed by atoms with E-state index in [4.69, 9.17) is 0 Å². The molecule has 0 bridgehead atoms. The second-order valence-electron chi connectivity index (χ2n) is 2.59. The fourth-order valence-corrected chi connectivity index (χ4v) is 1.11. The first kappa shape index (κ1) is 9.46. The number of benzene rings is 1. The van der Waals surface area contributed by atoms with Crippen LogP contribution >= 0.6 is 15.9 Å². The maximum Gasteiger partial charge on any atom is 0.0386 e. The molecule has 1 rings (SSSR count). The van der Waals surface area contributed by atoms with Gasteiger partial charge in [-0.2, -0.15) is 0 Å². The van der Waals surface area contributed by atoms with Gasteiger partial charge >= 0.3 is 0 Å². The fourth-order valence-electron chi connectivity index (χ4n) is 0.848. The molecule has 0 aromatic heterocycles. The highest BCUT2D eigenvalue weighted by Gasteiger charge is 1.86. The molecule has 1 aromatic rings. The van der Waals surface area contributed by atoms with E-state index in [9.17, 15) is 0 Å². The molecular formula is C10H12BrN. The predicted molar refractivity (Wildman–Crippen MR) is 56.9 cm³/mol. The third-order valence-electron chi connectivity index (χ3n) is 1.46. The van der Waals surface area contributed by atoms with E-state index in [2.05, 4.69) is 27.8 Å². The summed E-state index contributed by atoms with van der Waals surface area (Å²) in [5, 5.41) is 0. The number of rotatable bonds is 3. The Kier molecular flexibility index (Phi) is 4.01. The highest BCUT2D eigenvalue weighted by atomic mass is 79.9. The summed E-state index contributed by atoms with van der Waals surface area (Å²) >= 11 is 3.38. The van der Waals surface area contributed by atoms with E-state index < -0.39 is 0 Å². The summed E-state index contributed by atoms with van der Waals surface area (Å²) in [4.78, 5) is 4.25. The molecule has 0 atom stereocenters. The smallest absolute Gasteiger partial charge is 0.0386 e. The van der Waals surface area contributed by atoms with Crippen LogP contribution in [-0.2, 0) is 0 Å². The van der Waals surface area contributed by atoms with Crippen LogP contribution in [0.15, 0.2) is 33.7 Å².